The quantitative estimate of drug-likeness (QED) is 0.443. The topological polar surface area (TPSA) is 128 Å². The van der Waals surface area contributed by atoms with E-state index >= 15 is 0 Å². The second-order valence-electron chi connectivity index (χ2n) is 5.85. The van der Waals surface area contributed by atoms with Crippen LogP contribution in [0.5, 0.6) is 5.75 Å². The van der Waals surface area contributed by atoms with E-state index in [0.29, 0.717) is 6.42 Å². The van der Waals surface area contributed by atoms with Crippen molar-refractivity contribution in [3.63, 3.8) is 0 Å². The Hall–Kier alpha value is -2.84. The fraction of sp³-hybridized carbons (Fsp3) is 0.467. The predicted molar refractivity (Wildman–Crippen MR) is 84.4 cm³/mol. The first kappa shape index (κ1) is 19.2. The Balaban J connectivity index is 2.58. The zero-order valence-electron chi connectivity index (χ0n) is 13.7. The van der Waals surface area contributed by atoms with Crippen molar-refractivity contribution in [1.29, 1.82) is 0 Å². The Kier molecular flexibility index (Phi) is 6.51. The molecule has 1 amide bonds. The summed E-state index contributed by atoms with van der Waals surface area (Å²) in [7, 11) is 0. The van der Waals surface area contributed by atoms with Crippen molar-refractivity contribution in [2.24, 2.45) is 0 Å². The normalized spacial score (nSPS) is 10.8. The number of benzene rings is 1. The van der Waals surface area contributed by atoms with Crippen molar-refractivity contribution >= 4 is 17.7 Å². The third-order valence-corrected chi connectivity index (χ3v) is 2.66. The minimum Gasteiger partial charge on any atom is -0.486 e. The fourth-order valence-electron chi connectivity index (χ4n) is 1.74. The number of hydrogen-bond acceptors (Lipinski definition) is 6. The van der Waals surface area contributed by atoms with Crippen LogP contribution in [0.15, 0.2) is 18.2 Å². The molecule has 0 fully saturated rings. The standard InChI is InChI=1S/C15H20N2O7/c1-15(2,3)24-14(20)16-8-5-9-23-12-10(13(18)19)6-4-7-11(12)17(21)22/h4,6-7H,5,8-9H2,1-3H3,(H,16,20)(H,18,19). The average Bonchev–Trinajstić information content (AvgIpc) is 2.44. The second kappa shape index (κ2) is 8.14. The van der Waals surface area contributed by atoms with Crippen LogP contribution in [-0.4, -0.2) is 40.8 Å². The lowest BCUT2D eigenvalue weighted by molar-refractivity contribution is -0.385. The van der Waals surface area contributed by atoms with Crippen LogP contribution < -0.4 is 10.1 Å². The third-order valence-electron chi connectivity index (χ3n) is 2.66. The Labute approximate surface area is 138 Å². The van der Waals surface area contributed by atoms with Crippen LogP contribution in [0.4, 0.5) is 10.5 Å². The van der Waals surface area contributed by atoms with Crippen LogP contribution in [0.1, 0.15) is 37.6 Å². The van der Waals surface area contributed by atoms with Gasteiger partial charge in [0.1, 0.15) is 11.2 Å². The molecular formula is C15H20N2O7. The zero-order valence-corrected chi connectivity index (χ0v) is 13.7. The summed E-state index contributed by atoms with van der Waals surface area (Å²) in [6.07, 6.45) is -0.260. The van der Waals surface area contributed by atoms with Crippen molar-refractivity contribution < 1.29 is 29.1 Å². The van der Waals surface area contributed by atoms with Gasteiger partial charge in [0.2, 0.25) is 5.75 Å². The Morgan fingerprint density at radius 2 is 2.00 bits per heavy atom. The molecule has 9 nitrogen and oxygen atoms in total. The second-order valence-corrected chi connectivity index (χ2v) is 5.85. The van der Waals surface area contributed by atoms with Gasteiger partial charge in [-0.2, -0.15) is 0 Å². The highest BCUT2D eigenvalue weighted by Gasteiger charge is 2.23. The highest BCUT2D eigenvalue weighted by molar-refractivity contribution is 5.92. The summed E-state index contributed by atoms with van der Waals surface area (Å²) < 4.78 is 10.3. The number of carboxylic acids is 1. The zero-order chi connectivity index (χ0) is 18.3. The number of carboxylic acid groups (broad SMARTS) is 1. The van der Waals surface area contributed by atoms with E-state index < -0.39 is 28.3 Å². The van der Waals surface area contributed by atoms with Gasteiger partial charge in [0, 0.05) is 12.6 Å². The number of nitrogens with zero attached hydrogens (tertiary/aromatic N) is 1. The number of rotatable bonds is 7. The highest BCUT2D eigenvalue weighted by Crippen LogP contribution is 2.31. The number of carbonyl (C=O) groups is 2. The number of aromatic carboxylic acids is 1. The number of nitrogens with one attached hydrogen (secondary N) is 1. The lowest BCUT2D eigenvalue weighted by Crippen LogP contribution is -2.33. The van der Waals surface area contributed by atoms with Gasteiger partial charge in [-0.1, -0.05) is 6.07 Å². The number of nitro groups is 1. The lowest BCUT2D eigenvalue weighted by atomic mass is 10.1. The van der Waals surface area contributed by atoms with Crippen molar-refractivity contribution in [2.75, 3.05) is 13.2 Å². The number of nitro benzene ring substituents is 1. The molecule has 24 heavy (non-hydrogen) atoms. The number of para-hydroxylation sites is 1. The number of ether oxygens (including phenoxy) is 2. The van der Waals surface area contributed by atoms with Crippen molar-refractivity contribution in [1.82, 2.24) is 5.32 Å². The van der Waals surface area contributed by atoms with Gasteiger partial charge in [-0.05, 0) is 33.3 Å². The van der Waals surface area contributed by atoms with Gasteiger partial charge in [0.05, 0.1) is 11.5 Å². The maximum absolute atomic E-state index is 11.4. The number of alkyl carbamates (subject to hydrolysis) is 1. The van der Waals surface area contributed by atoms with Crippen molar-refractivity contribution in [3.8, 4) is 5.75 Å². The molecule has 0 aliphatic carbocycles. The first-order valence-corrected chi connectivity index (χ1v) is 7.22. The molecule has 0 aromatic heterocycles. The SMILES string of the molecule is CC(C)(C)OC(=O)NCCCOc1c(C(=O)O)cccc1[N+](=O)[O-]. The molecule has 1 rings (SSSR count). The van der Waals surface area contributed by atoms with E-state index in [9.17, 15) is 19.7 Å². The van der Waals surface area contributed by atoms with E-state index in [2.05, 4.69) is 5.32 Å². The molecule has 0 unspecified atom stereocenters. The van der Waals surface area contributed by atoms with Crippen LogP contribution in [0, 0.1) is 10.1 Å². The smallest absolute Gasteiger partial charge is 0.407 e. The molecule has 1 aromatic carbocycles. The maximum atomic E-state index is 11.4. The fourth-order valence-corrected chi connectivity index (χ4v) is 1.74. The predicted octanol–water partition coefficient (Wildman–Crippen LogP) is 2.59. The van der Waals surface area contributed by atoms with E-state index in [-0.39, 0.29) is 24.5 Å². The van der Waals surface area contributed by atoms with Crippen LogP contribution in [0.25, 0.3) is 0 Å². The summed E-state index contributed by atoms with van der Waals surface area (Å²) in [5.74, 6) is -1.62. The number of hydrogen-bond donors (Lipinski definition) is 2. The monoisotopic (exact) mass is 340 g/mol. The molecule has 0 heterocycles. The van der Waals surface area contributed by atoms with Gasteiger partial charge in [-0.15, -0.1) is 0 Å². The van der Waals surface area contributed by atoms with Crippen molar-refractivity contribution in [3.05, 3.63) is 33.9 Å². The molecule has 9 heteroatoms. The molecule has 132 valence electrons. The molecule has 0 spiro atoms. The molecule has 0 aliphatic rings. The average molecular weight is 340 g/mol. The Bertz CT molecular complexity index is 590. The first-order chi connectivity index (χ1) is 11.1. The molecule has 0 saturated heterocycles. The number of carbonyl (C=O) groups excluding carboxylic acids is 1. The third kappa shape index (κ3) is 6.11. The van der Waals surface area contributed by atoms with E-state index in [0.717, 1.165) is 0 Å². The van der Waals surface area contributed by atoms with Crippen LogP contribution >= 0.6 is 0 Å². The highest BCUT2D eigenvalue weighted by atomic mass is 16.6. The molecule has 0 atom stereocenters. The van der Waals surface area contributed by atoms with Gasteiger partial charge in [-0.25, -0.2) is 9.59 Å². The summed E-state index contributed by atoms with van der Waals surface area (Å²) in [5.41, 5.74) is -1.32. The minimum absolute atomic E-state index is 0.000924. The Morgan fingerprint density at radius 1 is 1.33 bits per heavy atom. The summed E-state index contributed by atoms with van der Waals surface area (Å²) in [4.78, 5) is 32.8. The van der Waals surface area contributed by atoms with E-state index in [1.165, 1.54) is 18.2 Å². The minimum atomic E-state index is -1.32. The van der Waals surface area contributed by atoms with Crippen LogP contribution in [0.2, 0.25) is 0 Å². The van der Waals surface area contributed by atoms with Gasteiger partial charge in [0.15, 0.2) is 0 Å². The van der Waals surface area contributed by atoms with E-state index in [1.54, 1.807) is 20.8 Å². The van der Waals surface area contributed by atoms with Gasteiger partial charge in [-0.3, -0.25) is 10.1 Å². The molecule has 1 aromatic rings. The van der Waals surface area contributed by atoms with Gasteiger partial charge < -0.3 is 19.9 Å². The molecular weight excluding hydrogens is 320 g/mol. The summed E-state index contributed by atoms with van der Waals surface area (Å²) in [6, 6.07) is 3.67. The summed E-state index contributed by atoms with van der Waals surface area (Å²) >= 11 is 0. The summed E-state index contributed by atoms with van der Waals surface area (Å²) in [6.45, 7) is 5.42. The number of amides is 1. The van der Waals surface area contributed by atoms with E-state index in [1.807, 2.05) is 0 Å². The largest absolute Gasteiger partial charge is 0.486 e. The van der Waals surface area contributed by atoms with E-state index in [4.69, 9.17) is 14.6 Å². The summed E-state index contributed by atoms with van der Waals surface area (Å²) in [5, 5.41) is 22.6. The van der Waals surface area contributed by atoms with Gasteiger partial charge >= 0.3 is 17.7 Å². The van der Waals surface area contributed by atoms with Crippen LogP contribution in [-0.2, 0) is 4.74 Å². The molecule has 0 radical (unpaired) electrons. The molecule has 2 N–H and O–H groups in total. The lowest BCUT2D eigenvalue weighted by Gasteiger charge is -2.19. The molecule has 0 aliphatic heterocycles. The first-order valence-electron chi connectivity index (χ1n) is 7.22. The molecule has 0 saturated carbocycles. The Morgan fingerprint density at radius 3 is 2.54 bits per heavy atom. The molecule has 0 bridgehead atoms. The van der Waals surface area contributed by atoms with Gasteiger partial charge in [0.25, 0.3) is 0 Å². The van der Waals surface area contributed by atoms with Crippen LogP contribution in [0.3, 0.4) is 0 Å². The van der Waals surface area contributed by atoms with Crippen molar-refractivity contribution in [2.45, 2.75) is 32.8 Å². The maximum Gasteiger partial charge on any atom is 0.407 e.